The molecule has 1 amide bonds. The molecule has 136 valence electrons. The number of aryl methyl sites for hydroxylation is 1. The second-order valence-electron chi connectivity index (χ2n) is 7.29. The first-order chi connectivity index (χ1) is 11.3. The number of fused-ring (bicyclic) bond motifs is 1. The zero-order valence-electron chi connectivity index (χ0n) is 15.2. The summed E-state index contributed by atoms with van der Waals surface area (Å²) in [6, 6.07) is 7.77. The van der Waals surface area contributed by atoms with Crippen molar-refractivity contribution in [1.82, 2.24) is 9.88 Å². The summed E-state index contributed by atoms with van der Waals surface area (Å²) in [5.74, 6) is 0.804. The number of nitrogens with zero attached hydrogens (tertiary/aromatic N) is 2. The molecule has 1 aromatic heterocycles. The van der Waals surface area contributed by atoms with E-state index in [1.807, 2.05) is 36.1 Å². The minimum absolute atomic E-state index is 0. The van der Waals surface area contributed by atoms with Gasteiger partial charge in [-0.05, 0) is 37.0 Å². The van der Waals surface area contributed by atoms with Crippen LogP contribution in [0.2, 0.25) is 0 Å². The number of carbonyl (C=O) groups excluding carboxylic acids is 1. The Morgan fingerprint density at radius 3 is 2.72 bits per heavy atom. The molecule has 1 aliphatic rings. The lowest BCUT2D eigenvalue weighted by Gasteiger charge is -2.42. The monoisotopic (exact) mass is 363 g/mol. The number of likely N-dealkylation sites (tertiary alicyclic amines) is 1. The molecule has 0 spiro atoms. The van der Waals surface area contributed by atoms with Crippen molar-refractivity contribution >= 4 is 29.2 Å². The van der Waals surface area contributed by atoms with Gasteiger partial charge in [0.2, 0.25) is 0 Å². The molecule has 25 heavy (non-hydrogen) atoms. The Labute approximate surface area is 155 Å². The number of piperidine rings is 1. The molecule has 0 saturated carbocycles. The minimum Gasteiger partial charge on any atom is -0.497 e. The smallest absolute Gasteiger partial charge is 0.255 e. The molecule has 2 heterocycles. The van der Waals surface area contributed by atoms with Gasteiger partial charge in [0.05, 0.1) is 23.9 Å². The highest BCUT2D eigenvalue weighted by atomic mass is 35.5. The van der Waals surface area contributed by atoms with Gasteiger partial charge >= 0.3 is 0 Å². The van der Waals surface area contributed by atoms with Gasteiger partial charge in [0.25, 0.3) is 5.91 Å². The second kappa shape index (κ2) is 7.18. The summed E-state index contributed by atoms with van der Waals surface area (Å²) in [5, 5.41) is 0.942. The number of ether oxygens (including phenoxy) is 1. The lowest BCUT2D eigenvalue weighted by Crippen LogP contribution is -2.54. The highest BCUT2D eigenvalue weighted by Gasteiger charge is 2.36. The second-order valence-corrected chi connectivity index (χ2v) is 7.29. The van der Waals surface area contributed by atoms with E-state index in [0.29, 0.717) is 18.7 Å². The lowest BCUT2D eigenvalue weighted by molar-refractivity contribution is 0.0532. The van der Waals surface area contributed by atoms with Crippen molar-refractivity contribution in [2.45, 2.75) is 33.2 Å². The van der Waals surface area contributed by atoms with Crippen LogP contribution in [-0.2, 0) is 0 Å². The van der Waals surface area contributed by atoms with Crippen molar-refractivity contribution in [3.8, 4) is 5.75 Å². The van der Waals surface area contributed by atoms with Crippen LogP contribution in [0.5, 0.6) is 5.75 Å². The third kappa shape index (κ3) is 3.72. The van der Waals surface area contributed by atoms with E-state index in [9.17, 15) is 4.79 Å². The summed E-state index contributed by atoms with van der Waals surface area (Å²) in [5.41, 5.74) is 8.36. The zero-order chi connectivity index (χ0) is 17.5. The van der Waals surface area contributed by atoms with Crippen molar-refractivity contribution in [3.63, 3.8) is 0 Å². The van der Waals surface area contributed by atoms with Crippen molar-refractivity contribution in [2.75, 3.05) is 20.2 Å². The van der Waals surface area contributed by atoms with Gasteiger partial charge in [-0.15, -0.1) is 12.4 Å². The van der Waals surface area contributed by atoms with E-state index in [4.69, 9.17) is 10.5 Å². The Morgan fingerprint density at radius 2 is 2.08 bits per heavy atom. The molecule has 0 bridgehead atoms. The van der Waals surface area contributed by atoms with E-state index < -0.39 is 0 Å². The number of rotatable bonds is 2. The van der Waals surface area contributed by atoms with Crippen LogP contribution in [0.4, 0.5) is 0 Å². The number of aromatic nitrogens is 1. The fourth-order valence-corrected chi connectivity index (χ4v) is 3.30. The molecular formula is C19H26ClN3O2. The van der Waals surface area contributed by atoms with E-state index >= 15 is 0 Å². The maximum absolute atomic E-state index is 13.0. The van der Waals surface area contributed by atoms with Crippen LogP contribution in [0.1, 0.15) is 36.3 Å². The molecule has 0 aliphatic carbocycles. The highest BCUT2D eigenvalue weighted by Crippen LogP contribution is 2.29. The van der Waals surface area contributed by atoms with Crippen LogP contribution in [0.3, 0.4) is 0 Å². The third-order valence-electron chi connectivity index (χ3n) is 5.05. The van der Waals surface area contributed by atoms with Gasteiger partial charge < -0.3 is 15.4 Å². The van der Waals surface area contributed by atoms with Crippen molar-refractivity contribution in [2.24, 2.45) is 11.1 Å². The number of amides is 1. The fourth-order valence-electron chi connectivity index (χ4n) is 3.30. The first-order valence-electron chi connectivity index (χ1n) is 8.32. The number of halogens is 1. The van der Waals surface area contributed by atoms with Gasteiger partial charge in [0.1, 0.15) is 5.75 Å². The Kier molecular flexibility index (Phi) is 5.59. The van der Waals surface area contributed by atoms with Crippen LogP contribution in [0.15, 0.2) is 24.3 Å². The molecule has 2 N–H and O–H groups in total. The molecule has 1 fully saturated rings. The van der Waals surface area contributed by atoms with Gasteiger partial charge in [0, 0.05) is 30.6 Å². The van der Waals surface area contributed by atoms with E-state index in [0.717, 1.165) is 28.8 Å². The van der Waals surface area contributed by atoms with Crippen LogP contribution in [0.25, 0.3) is 10.9 Å². The van der Waals surface area contributed by atoms with Gasteiger partial charge in [-0.2, -0.15) is 0 Å². The van der Waals surface area contributed by atoms with Crippen LogP contribution in [-0.4, -0.2) is 42.0 Å². The summed E-state index contributed by atoms with van der Waals surface area (Å²) in [6.07, 6.45) is 0.829. The molecule has 5 nitrogen and oxygen atoms in total. The van der Waals surface area contributed by atoms with Crippen molar-refractivity contribution in [3.05, 3.63) is 35.5 Å². The van der Waals surface area contributed by atoms with Gasteiger partial charge in [0.15, 0.2) is 0 Å². The molecule has 1 atom stereocenters. The average molecular weight is 364 g/mol. The average Bonchev–Trinajstić information content (AvgIpc) is 2.55. The standard InChI is InChI=1S/C19H25N3O2.ClH/c1-12-15(9-13-5-6-14(24-4)10-16(13)21-12)18(23)22-8-7-17(20)19(2,3)11-22;/h5-6,9-10,17H,7-8,11,20H2,1-4H3;1H. The molecule has 2 aromatic rings. The lowest BCUT2D eigenvalue weighted by atomic mass is 9.79. The molecule has 0 radical (unpaired) electrons. The number of hydrogen-bond acceptors (Lipinski definition) is 4. The largest absolute Gasteiger partial charge is 0.497 e. The van der Waals surface area contributed by atoms with E-state index in [1.165, 1.54) is 0 Å². The van der Waals surface area contributed by atoms with Crippen LogP contribution in [0, 0.1) is 12.3 Å². The zero-order valence-corrected chi connectivity index (χ0v) is 16.0. The highest BCUT2D eigenvalue weighted by molar-refractivity contribution is 5.98. The topological polar surface area (TPSA) is 68.5 Å². The van der Waals surface area contributed by atoms with Gasteiger partial charge in [-0.1, -0.05) is 13.8 Å². The van der Waals surface area contributed by atoms with E-state index in [-0.39, 0.29) is 29.8 Å². The first kappa shape index (κ1) is 19.5. The van der Waals surface area contributed by atoms with E-state index in [2.05, 4.69) is 18.8 Å². The number of pyridine rings is 1. The summed E-state index contributed by atoms with van der Waals surface area (Å²) in [7, 11) is 1.63. The van der Waals surface area contributed by atoms with Crippen molar-refractivity contribution < 1.29 is 9.53 Å². The number of carbonyl (C=O) groups is 1. The molecule has 6 heteroatoms. The summed E-state index contributed by atoms with van der Waals surface area (Å²) >= 11 is 0. The summed E-state index contributed by atoms with van der Waals surface area (Å²) < 4.78 is 5.24. The van der Waals surface area contributed by atoms with Crippen molar-refractivity contribution in [1.29, 1.82) is 0 Å². The summed E-state index contributed by atoms with van der Waals surface area (Å²) in [4.78, 5) is 19.5. The van der Waals surface area contributed by atoms with E-state index in [1.54, 1.807) is 7.11 Å². The SMILES string of the molecule is COc1ccc2cc(C(=O)N3CCC(N)C(C)(C)C3)c(C)nc2c1.Cl. The molecule has 1 aliphatic heterocycles. The third-order valence-corrected chi connectivity index (χ3v) is 5.05. The molecule has 1 unspecified atom stereocenters. The Morgan fingerprint density at radius 1 is 1.36 bits per heavy atom. The van der Waals surface area contributed by atoms with Crippen LogP contribution < -0.4 is 10.5 Å². The minimum atomic E-state index is -0.0700. The predicted octanol–water partition coefficient (Wildman–Crippen LogP) is 3.17. The normalized spacial score (nSPS) is 19.4. The number of hydrogen-bond donors (Lipinski definition) is 1. The molecule has 3 rings (SSSR count). The summed E-state index contributed by atoms with van der Waals surface area (Å²) in [6.45, 7) is 7.49. The number of benzene rings is 1. The Bertz CT molecular complexity index is 792. The fraction of sp³-hybridized carbons (Fsp3) is 0.474. The Hall–Kier alpha value is -1.85. The quantitative estimate of drug-likeness (QED) is 0.889. The van der Waals surface area contributed by atoms with Gasteiger partial charge in [-0.25, -0.2) is 0 Å². The number of nitrogens with two attached hydrogens (primary N) is 1. The first-order valence-corrected chi connectivity index (χ1v) is 8.32. The molecule has 1 aromatic carbocycles. The number of methoxy groups -OCH3 is 1. The maximum atomic E-state index is 13.0. The Balaban J connectivity index is 0.00000225. The van der Waals surface area contributed by atoms with Gasteiger partial charge in [-0.3, -0.25) is 9.78 Å². The maximum Gasteiger partial charge on any atom is 0.255 e. The molecule has 1 saturated heterocycles. The molecular weight excluding hydrogens is 338 g/mol. The van der Waals surface area contributed by atoms with Crippen LogP contribution >= 0.6 is 12.4 Å². The predicted molar refractivity (Wildman–Crippen MR) is 103 cm³/mol.